The van der Waals surface area contributed by atoms with Gasteiger partial charge in [0.15, 0.2) is 0 Å². The number of para-hydroxylation sites is 2. The zero-order valence-corrected chi connectivity index (χ0v) is 12.0. The van der Waals surface area contributed by atoms with Crippen molar-refractivity contribution >= 4 is 17.0 Å². The molecule has 5 nitrogen and oxygen atoms in total. The molecular weight excluding hydrogens is 280 g/mol. The molecule has 5 heteroatoms. The van der Waals surface area contributed by atoms with Gasteiger partial charge in [-0.15, -0.1) is 0 Å². The van der Waals surface area contributed by atoms with Gasteiger partial charge in [0.2, 0.25) is 0 Å². The standard InChI is InChI=1S/C17H14N2O3/c1-2-19-14-6-4-3-5-13(14)18-15(16(19)20)11-7-9-12(10-8-11)17(21)22/h3-10H,2H2,1H3,(H,21,22). The van der Waals surface area contributed by atoms with Gasteiger partial charge in [-0.25, -0.2) is 9.78 Å². The van der Waals surface area contributed by atoms with E-state index in [0.29, 0.717) is 17.8 Å². The van der Waals surface area contributed by atoms with Gasteiger partial charge in [-0.1, -0.05) is 24.3 Å². The van der Waals surface area contributed by atoms with Crippen LogP contribution < -0.4 is 5.56 Å². The van der Waals surface area contributed by atoms with Crippen molar-refractivity contribution in [2.45, 2.75) is 13.5 Å². The Hall–Kier alpha value is -2.95. The summed E-state index contributed by atoms with van der Waals surface area (Å²) in [5.41, 5.74) is 2.48. The molecule has 3 rings (SSSR count). The minimum atomic E-state index is -0.996. The maximum Gasteiger partial charge on any atom is 0.335 e. The number of rotatable bonds is 3. The lowest BCUT2D eigenvalue weighted by molar-refractivity contribution is 0.0697. The number of aromatic nitrogens is 2. The second kappa shape index (κ2) is 5.44. The van der Waals surface area contributed by atoms with E-state index in [2.05, 4.69) is 4.98 Å². The van der Waals surface area contributed by atoms with Gasteiger partial charge in [0, 0.05) is 12.1 Å². The summed E-state index contributed by atoms with van der Waals surface area (Å²) in [4.78, 5) is 28.0. The third-order valence-corrected chi connectivity index (χ3v) is 3.57. The molecule has 22 heavy (non-hydrogen) atoms. The molecule has 1 heterocycles. The average Bonchev–Trinajstić information content (AvgIpc) is 2.54. The van der Waals surface area contributed by atoms with Crippen LogP contribution in [-0.4, -0.2) is 20.6 Å². The lowest BCUT2D eigenvalue weighted by Gasteiger charge is -2.10. The van der Waals surface area contributed by atoms with E-state index in [4.69, 9.17) is 5.11 Å². The van der Waals surface area contributed by atoms with E-state index in [0.717, 1.165) is 11.0 Å². The van der Waals surface area contributed by atoms with Crippen LogP contribution in [0.1, 0.15) is 17.3 Å². The predicted molar refractivity (Wildman–Crippen MR) is 84.1 cm³/mol. The number of benzene rings is 2. The first-order chi connectivity index (χ1) is 10.6. The largest absolute Gasteiger partial charge is 0.478 e. The van der Waals surface area contributed by atoms with Gasteiger partial charge < -0.3 is 9.67 Å². The molecule has 0 bridgehead atoms. The average molecular weight is 294 g/mol. The normalized spacial score (nSPS) is 10.8. The van der Waals surface area contributed by atoms with Gasteiger partial charge in [0.1, 0.15) is 5.69 Å². The fraction of sp³-hybridized carbons (Fsp3) is 0.118. The molecule has 2 aromatic carbocycles. The number of fused-ring (bicyclic) bond motifs is 1. The smallest absolute Gasteiger partial charge is 0.335 e. The summed E-state index contributed by atoms with van der Waals surface area (Å²) in [5, 5.41) is 8.94. The highest BCUT2D eigenvalue weighted by Crippen LogP contribution is 2.18. The Bertz CT molecular complexity index is 911. The van der Waals surface area contributed by atoms with Crippen molar-refractivity contribution in [2.24, 2.45) is 0 Å². The number of nitrogens with zero attached hydrogens (tertiary/aromatic N) is 2. The van der Waals surface area contributed by atoms with Crippen LogP contribution in [-0.2, 0) is 6.54 Å². The van der Waals surface area contributed by atoms with Crippen LogP contribution in [0.5, 0.6) is 0 Å². The number of aromatic carboxylic acids is 1. The maximum absolute atomic E-state index is 12.6. The third-order valence-electron chi connectivity index (χ3n) is 3.57. The molecule has 110 valence electrons. The minimum Gasteiger partial charge on any atom is -0.478 e. The van der Waals surface area contributed by atoms with Gasteiger partial charge in [0.05, 0.1) is 16.6 Å². The van der Waals surface area contributed by atoms with Crippen LogP contribution >= 0.6 is 0 Å². The molecule has 0 radical (unpaired) electrons. The molecule has 0 atom stereocenters. The molecule has 0 aliphatic carbocycles. The summed E-state index contributed by atoms with van der Waals surface area (Å²) >= 11 is 0. The maximum atomic E-state index is 12.6. The quantitative estimate of drug-likeness (QED) is 0.806. The Labute approximate surface area is 126 Å². The topological polar surface area (TPSA) is 72.2 Å². The second-order valence-corrected chi connectivity index (χ2v) is 4.88. The Morgan fingerprint density at radius 2 is 1.82 bits per heavy atom. The first kappa shape index (κ1) is 14.0. The van der Waals surface area contributed by atoms with Crippen LogP contribution in [0.2, 0.25) is 0 Å². The van der Waals surface area contributed by atoms with E-state index >= 15 is 0 Å². The Morgan fingerprint density at radius 1 is 1.14 bits per heavy atom. The summed E-state index contributed by atoms with van der Waals surface area (Å²) in [7, 11) is 0. The fourth-order valence-corrected chi connectivity index (χ4v) is 2.47. The first-order valence-electron chi connectivity index (χ1n) is 6.95. The molecule has 0 saturated carbocycles. The summed E-state index contributed by atoms with van der Waals surface area (Å²) in [5.74, 6) is -0.996. The number of carboxylic acid groups (broad SMARTS) is 1. The predicted octanol–water partition coefficient (Wildman–Crippen LogP) is 2.78. The SMILES string of the molecule is CCn1c(=O)c(-c2ccc(C(=O)O)cc2)nc2ccccc21. The van der Waals surface area contributed by atoms with E-state index < -0.39 is 5.97 Å². The molecule has 0 aliphatic rings. The summed E-state index contributed by atoms with van der Waals surface area (Å²) in [6.45, 7) is 2.45. The number of carbonyl (C=O) groups is 1. The Morgan fingerprint density at radius 3 is 2.45 bits per heavy atom. The van der Waals surface area contributed by atoms with Crippen LogP contribution in [0.3, 0.4) is 0 Å². The lowest BCUT2D eigenvalue weighted by atomic mass is 10.1. The molecule has 1 N–H and O–H groups in total. The summed E-state index contributed by atoms with van der Waals surface area (Å²) in [6.07, 6.45) is 0. The summed E-state index contributed by atoms with van der Waals surface area (Å²) < 4.78 is 1.67. The van der Waals surface area contributed by atoms with Crippen molar-refractivity contribution in [3.05, 3.63) is 64.4 Å². The number of aryl methyl sites for hydroxylation is 1. The van der Waals surface area contributed by atoms with Crippen LogP contribution in [0, 0.1) is 0 Å². The number of carboxylic acids is 1. The highest BCUT2D eigenvalue weighted by molar-refractivity contribution is 5.88. The highest BCUT2D eigenvalue weighted by atomic mass is 16.4. The van der Waals surface area contributed by atoms with Gasteiger partial charge in [-0.2, -0.15) is 0 Å². The molecule has 0 saturated heterocycles. The van der Waals surface area contributed by atoms with Gasteiger partial charge in [-0.3, -0.25) is 4.79 Å². The van der Waals surface area contributed by atoms with Crippen molar-refractivity contribution < 1.29 is 9.90 Å². The highest BCUT2D eigenvalue weighted by Gasteiger charge is 2.12. The number of hydrogen-bond donors (Lipinski definition) is 1. The van der Waals surface area contributed by atoms with E-state index in [1.165, 1.54) is 12.1 Å². The fourth-order valence-electron chi connectivity index (χ4n) is 2.47. The van der Waals surface area contributed by atoms with Crippen molar-refractivity contribution in [3.8, 4) is 11.3 Å². The Balaban J connectivity index is 2.24. The zero-order chi connectivity index (χ0) is 15.7. The van der Waals surface area contributed by atoms with E-state index in [9.17, 15) is 9.59 Å². The molecule has 0 amide bonds. The molecule has 1 aromatic heterocycles. The van der Waals surface area contributed by atoms with Crippen LogP contribution in [0.25, 0.3) is 22.3 Å². The molecule has 0 aliphatic heterocycles. The third kappa shape index (κ3) is 2.26. The van der Waals surface area contributed by atoms with E-state index in [1.54, 1.807) is 16.7 Å². The van der Waals surface area contributed by atoms with Crippen LogP contribution in [0.4, 0.5) is 0 Å². The van der Waals surface area contributed by atoms with Crippen LogP contribution in [0.15, 0.2) is 53.3 Å². The van der Waals surface area contributed by atoms with E-state index in [1.807, 2.05) is 31.2 Å². The second-order valence-electron chi connectivity index (χ2n) is 4.88. The monoisotopic (exact) mass is 294 g/mol. The molecule has 0 spiro atoms. The molecular formula is C17H14N2O3. The summed E-state index contributed by atoms with van der Waals surface area (Å²) in [6, 6.07) is 13.6. The first-order valence-corrected chi connectivity index (χ1v) is 6.95. The van der Waals surface area contributed by atoms with Crippen molar-refractivity contribution in [2.75, 3.05) is 0 Å². The Kier molecular flexibility index (Phi) is 3.47. The molecule has 0 fully saturated rings. The van der Waals surface area contributed by atoms with Crippen molar-refractivity contribution in [1.29, 1.82) is 0 Å². The molecule has 0 unspecified atom stereocenters. The van der Waals surface area contributed by atoms with Gasteiger partial charge >= 0.3 is 5.97 Å². The lowest BCUT2D eigenvalue weighted by Crippen LogP contribution is -2.22. The molecule has 3 aromatic rings. The van der Waals surface area contributed by atoms with E-state index in [-0.39, 0.29) is 11.1 Å². The van der Waals surface area contributed by atoms with Gasteiger partial charge in [0.25, 0.3) is 5.56 Å². The minimum absolute atomic E-state index is 0.177. The number of hydrogen-bond acceptors (Lipinski definition) is 3. The van der Waals surface area contributed by atoms with Gasteiger partial charge in [-0.05, 0) is 31.2 Å². The zero-order valence-electron chi connectivity index (χ0n) is 12.0. The van der Waals surface area contributed by atoms with Crippen molar-refractivity contribution in [3.63, 3.8) is 0 Å². The van der Waals surface area contributed by atoms with Crippen molar-refractivity contribution in [1.82, 2.24) is 9.55 Å².